The van der Waals surface area contributed by atoms with Crippen LogP contribution in [0.3, 0.4) is 0 Å². The van der Waals surface area contributed by atoms with Crippen LogP contribution in [-0.2, 0) is 0 Å². The summed E-state index contributed by atoms with van der Waals surface area (Å²) in [5.74, 6) is -0.426. The van der Waals surface area contributed by atoms with Crippen LogP contribution in [-0.4, -0.2) is 42.3 Å². The number of rotatable bonds is 6. The highest BCUT2D eigenvalue weighted by Gasteiger charge is 2.21. The summed E-state index contributed by atoms with van der Waals surface area (Å²) in [6.45, 7) is 1.75. The van der Waals surface area contributed by atoms with Gasteiger partial charge in [0.1, 0.15) is 0 Å². The van der Waals surface area contributed by atoms with Crippen LogP contribution >= 0.6 is 11.8 Å². The van der Waals surface area contributed by atoms with Crippen molar-refractivity contribution in [2.45, 2.75) is 12.5 Å². The zero-order chi connectivity index (χ0) is 14.5. The monoisotopic (exact) mass is 287 g/mol. The molecule has 1 rings (SSSR count). The molecule has 106 valence electrons. The van der Waals surface area contributed by atoms with Crippen molar-refractivity contribution in [2.75, 3.05) is 25.7 Å². The van der Waals surface area contributed by atoms with Crippen LogP contribution in [0.1, 0.15) is 17.3 Å². The molecule has 0 aromatic heterocycles. The van der Waals surface area contributed by atoms with E-state index in [0.717, 1.165) is 6.07 Å². The fourth-order valence-corrected chi connectivity index (χ4v) is 2.27. The minimum Gasteiger partial charge on any atom is -0.494 e. The smallest absolute Gasteiger partial charge is 0.251 e. The number of ether oxygens (including phenoxy) is 1. The topological polar surface area (TPSA) is 58.6 Å². The molecule has 19 heavy (non-hydrogen) atoms. The Morgan fingerprint density at radius 2 is 2.26 bits per heavy atom. The third-order valence-electron chi connectivity index (χ3n) is 2.50. The van der Waals surface area contributed by atoms with Gasteiger partial charge in [-0.3, -0.25) is 4.79 Å². The largest absolute Gasteiger partial charge is 0.494 e. The average molecular weight is 287 g/mol. The number of amides is 1. The maximum atomic E-state index is 13.4. The summed E-state index contributed by atoms with van der Waals surface area (Å²) in [6, 6.07) is 3.97. The van der Waals surface area contributed by atoms with Crippen molar-refractivity contribution in [3.8, 4) is 5.75 Å². The van der Waals surface area contributed by atoms with E-state index in [9.17, 15) is 14.3 Å². The first-order valence-electron chi connectivity index (χ1n) is 5.72. The first-order valence-corrected chi connectivity index (χ1v) is 7.12. The average Bonchev–Trinajstić information content (AvgIpc) is 2.36. The molecule has 1 amide bonds. The van der Waals surface area contributed by atoms with Gasteiger partial charge in [0.05, 0.1) is 12.7 Å². The molecule has 6 heteroatoms. The summed E-state index contributed by atoms with van der Waals surface area (Å²) >= 11 is 1.49. The standard InChI is InChI=1S/C13H18FNO3S/c1-13(17,8-19-3)7-15-12(16)9-4-5-11(18-2)10(14)6-9/h4-6,17H,7-8H2,1-3H3,(H,15,16). The SMILES string of the molecule is COc1ccc(C(=O)NCC(C)(O)CSC)cc1F. The second kappa shape index (κ2) is 6.77. The van der Waals surface area contributed by atoms with E-state index < -0.39 is 17.3 Å². The molecule has 1 unspecified atom stereocenters. The van der Waals surface area contributed by atoms with Crippen molar-refractivity contribution in [1.29, 1.82) is 0 Å². The number of carbonyl (C=O) groups is 1. The summed E-state index contributed by atoms with van der Waals surface area (Å²) in [5.41, 5.74) is -0.793. The predicted molar refractivity (Wildman–Crippen MR) is 74.3 cm³/mol. The van der Waals surface area contributed by atoms with Gasteiger partial charge in [-0.1, -0.05) is 0 Å². The van der Waals surface area contributed by atoms with Gasteiger partial charge in [-0.05, 0) is 31.4 Å². The normalized spacial score (nSPS) is 13.7. The first-order chi connectivity index (χ1) is 8.89. The summed E-state index contributed by atoms with van der Waals surface area (Å²) in [7, 11) is 1.36. The molecule has 0 saturated carbocycles. The fraction of sp³-hybridized carbons (Fsp3) is 0.462. The van der Waals surface area contributed by atoms with E-state index in [4.69, 9.17) is 4.74 Å². The van der Waals surface area contributed by atoms with Gasteiger partial charge in [-0.2, -0.15) is 11.8 Å². The predicted octanol–water partition coefficient (Wildman–Crippen LogP) is 1.68. The second-order valence-corrected chi connectivity index (χ2v) is 5.33. The second-order valence-electron chi connectivity index (χ2n) is 4.46. The van der Waals surface area contributed by atoms with E-state index in [2.05, 4.69) is 5.32 Å². The van der Waals surface area contributed by atoms with Gasteiger partial charge in [-0.25, -0.2) is 4.39 Å². The number of thioether (sulfide) groups is 1. The Morgan fingerprint density at radius 1 is 1.58 bits per heavy atom. The molecule has 0 aliphatic heterocycles. The zero-order valence-electron chi connectivity index (χ0n) is 11.2. The van der Waals surface area contributed by atoms with Crippen LogP contribution in [0.25, 0.3) is 0 Å². The number of benzene rings is 1. The quantitative estimate of drug-likeness (QED) is 0.836. The van der Waals surface area contributed by atoms with Crippen LogP contribution in [0.15, 0.2) is 18.2 Å². The summed E-state index contributed by atoms with van der Waals surface area (Å²) < 4.78 is 18.2. The van der Waals surface area contributed by atoms with E-state index in [-0.39, 0.29) is 17.9 Å². The molecule has 0 radical (unpaired) electrons. The van der Waals surface area contributed by atoms with E-state index in [1.807, 2.05) is 6.26 Å². The van der Waals surface area contributed by atoms with Crippen LogP contribution in [0.5, 0.6) is 5.75 Å². The highest BCUT2D eigenvalue weighted by molar-refractivity contribution is 7.98. The summed E-state index contributed by atoms with van der Waals surface area (Å²) in [5, 5.41) is 12.5. The molecule has 1 aromatic rings. The zero-order valence-corrected chi connectivity index (χ0v) is 12.0. The Labute approximate surface area is 116 Å². The third-order valence-corrected chi connectivity index (χ3v) is 3.41. The lowest BCUT2D eigenvalue weighted by Crippen LogP contribution is -2.42. The molecule has 0 aliphatic carbocycles. The van der Waals surface area contributed by atoms with E-state index >= 15 is 0 Å². The maximum Gasteiger partial charge on any atom is 0.251 e. The lowest BCUT2D eigenvalue weighted by molar-refractivity contribution is 0.0725. The Balaban J connectivity index is 2.66. The first kappa shape index (κ1) is 15.8. The van der Waals surface area contributed by atoms with Crippen molar-refractivity contribution in [3.63, 3.8) is 0 Å². The van der Waals surface area contributed by atoms with E-state index in [1.165, 1.54) is 31.0 Å². The van der Waals surface area contributed by atoms with Crippen LogP contribution < -0.4 is 10.1 Å². The fourth-order valence-electron chi connectivity index (χ4n) is 1.54. The van der Waals surface area contributed by atoms with Gasteiger partial charge in [0.25, 0.3) is 5.91 Å². The molecular formula is C13H18FNO3S. The van der Waals surface area contributed by atoms with Crippen molar-refractivity contribution >= 4 is 17.7 Å². The number of aliphatic hydroxyl groups is 1. The van der Waals surface area contributed by atoms with E-state index in [1.54, 1.807) is 6.92 Å². The van der Waals surface area contributed by atoms with Gasteiger partial charge in [0, 0.05) is 17.9 Å². The lowest BCUT2D eigenvalue weighted by atomic mass is 10.1. The number of halogens is 1. The Bertz CT molecular complexity index is 452. The Kier molecular flexibility index (Phi) is 5.62. The molecule has 0 saturated heterocycles. The van der Waals surface area contributed by atoms with Gasteiger partial charge in [0.2, 0.25) is 0 Å². The maximum absolute atomic E-state index is 13.4. The third kappa shape index (κ3) is 4.72. The number of hydrogen-bond acceptors (Lipinski definition) is 4. The Hall–Kier alpha value is -1.27. The van der Waals surface area contributed by atoms with Crippen molar-refractivity contribution in [1.82, 2.24) is 5.32 Å². The molecule has 1 atom stereocenters. The van der Waals surface area contributed by atoms with Gasteiger partial charge in [-0.15, -0.1) is 0 Å². The van der Waals surface area contributed by atoms with Gasteiger partial charge >= 0.3 is 0 Å². The Morgan fingerprint density at radius 3 is 2.79 bits per heavy atom. The van der Waals surface area contributed by atoms with E-state index in [0.29, 0.717) is 5.75 Å². The molecule has 0 fully saturated rings. The minimum absolute atomic E-state index is 0.0888. The van der Waals surface area contributed by atoms with Crippen molar-refractivity contribution < 1.29 is 19.0 Å². The highest BCUT2D eigenvalue weighted by atomic mass is 32.2. The van der Waals surface area contributed by atoms with Crippen LogP contribution in [0.4, 0.5) is 4.39 Å². The van der Waals surface area contributed by atoms with Crippen molar-refractivity contribution in [3.05, 3.63) is 29.6 Å². The molecule has 2 N–H and O–H groups in total. The number of hydrogen-bond donors (Lipinski definition) is 2. The molecule has 4 nitrogen and oxygen atoms in total. The van der Waals surface area contributed by atoms with Gasteiger partial charge in [0.15, 0.2) is 11.6 Å². The van der Waals surface area contributed by atoms with Gasteiger partial charge < -0.3 is 15.2 Å². The summed E-state index contributed by atoms with van der Waals surface area (Å²) in [6.07, 6.45) is 1.87. The molecule has 0 heterocycles. The van der Waals surface area contributed by atoms with Crippen LogP contribution in [0.2, 0.25) is 0 Å². The summed E-state index contributed by atoms with van der Waals surface area (Å²) in [4.78, 5) is 11.8. The highest BCUT2D eigenvalue weighted by Crippen LogP contribution is 2.17. The molecule has 0 aliphatic rings. The molecule has 0 spiro atoms. The van der Waals surface area contributed by atoms with Crippen LogP contribution in [0, 0.1) is 5.82 Å². The molecule has 0 bridgehead atoms. The lowest BCUT2D eigenvalue weighted by Gasteiger charge is -2.22. The molecular weight excluding hydrogens is 269 g/mol. The number of methoxy groups -OCH3 is 1. The number of carbonyl (C=O) groups excluding carboxylic acids is 1. The molecule has 1 aromatic carbocycles. The minimum atomic E-state index is -0.986. The number of nitrogens with one attached hydrogen (secondary N) is 1. The van der Waals surface area contributed by atoms with Crippen molar-refractivity contribution in [2.24, 2.45) is 0 Å².